The molecule has 2 rings (SSSR count). The second-order valence-electron chi connectivity index (χ2n) is 5.69. The molecule has 0 aliphatic rings. The van der Waals surface area contributed by atoms with Crippen molar-refractivity contribution in [1.29, 1.82) is 0 Å². The second-order valence-corrected chi connectivity index (χ2v) is 5.69. The molecule has 0 aliphatic heterocycles. The van der Waals surface area contributed by atoms with Crippen molar-refractivity contribution in [3.05, 3.63) is 59.7 Å². The Hall–Kier alpha value is -2.09. The number of benzene rings is 2. The number of aryl methyl sites for hydroxylation is 1. The summed E-state index contributed by atoms with van der Waals surface area (Å²) in [6.45, 7) is 4.50. The lowest BCUT2D eigenvalue weighted by atomic mass is 10.2. The highest BCUT2D eigenvalue weighted by Crippen LogP contribution is 2.12. The van der Waals surface area contributed by atoms with E-state index in [4.69, 9.17) is 5.73 Å². The minimum Gasteiger partial charge on any atom is -0.370 e. The van der Waals surface area contributed by atoms with E-state index in [0.29, 0.717) is 18.9 Å². The molecule has 5 nitrogen and oxygen atoms in total. The van der Waals surface area contributed by atoms with Gasteiger partial charge in [0.05, 0.1) is 6.54 Å². The molecule has 0 aromatic heterocycles. The molecule has 1 amide bonds. The Balaban J connectivity index is 0.00000312. The number of nitrogens with two attached hydrogens (primary N) is 1. The van der Waals surface area contributed by atoms with Gasteiger partial charge in [0.2, 0.25) is 5.91 Å². The van der Waals surface area contributed by atoms with Gasteiger partial charge in [-0.05, 0) is 43.2 Å². The second kappa shape index (κ2) is 10.7. The zero-order valence-electron chi connectivity index (χ0n) is 14.6. The lowest BCUT2D eigenvalue weighted by Gasteiger charge is -2.07. The topological polar surface area (TPSA) is 79.5 Å². The van der Waals surface area contributed by atoms with Gasteiger partial charge in [-0.3, -0.25) is 4.79 Å². The van der Waals surface area contributed by atoms with Gasteiger partial charge in [0.1, 0.15) is 0 Å². The molecule has 0 unspecified atom stereocenters. The van der Waals surface area contributed by atoms with Crippen LogP contribution in [0.4, 0.5) is 11.4 Å². The number of hydrogen-bond donors (Lipinski definition) is 3. The number of guanidine groups is 1. The number of rotatable bonds is 6. The van der Waals surface area contributed by atoms with Crippen LogP contribution in [0.15, 0.2) is 53.5 Å². The first-order valence-corrected chi connectivity index (χ1v) is 8.09. The van der Waals surface area contributed by atoms with Crippen LogP contribution in [-0.2, 0) is 11.3 Å². The molecule has 0 saturated carbocycles. The Morgan fingerprint density at radius 3 is 2.16 bits per heavy atom. The minimum absolute atomic E-state index is 0. The summed E-state index contributed by atoms with van der Waals surface area (Å²) in [7, 11) is 0. The molecule has 2 aromatic rings. The Morgan fingerprint density at radius 1 is 1.00 bits per heavy atom. The van der Waals surface area contributed by atoms with Crippen LogP contribution in [0.1, 0.15) is 30.9 Å². The van der Waals surface area contributed by atoms with Crippen molar-refractivity contribution < 1.29 is 4.79 Å². The lowest BCUT2D eigenvalue weighted by molar-refractivity contribution is -0.116. The van der Waals surface area contributed by atoms with E-state index in [0.717, 1.165) is 23.4 Å². The van der Waals surface area contributed by atoms with Crippen molar-refractivity contribution in [2.24, 2.45) is 10.7 Å². The van der Waals surface area contributed by atoms with Crippen molar-refractivity contribution in [2.75, 3.05) is 10.6 Å². The largest absolute Gasteiger partial charge is 0.370 e. The summed E-state index contributed by atoms with van der Waals surface area (Å²) in [5, 5.41) is 5.92. The van der Waals surface area contributed by atoms with Crippen LogP contribution in [0.25, 0.3) is 0 Å². The number of anilines is 2. The van der Waals surface area contributed by atoms with Crippen LogP contribution in [0.3, 0.4) is 0 Å². The fraction of sp³-hybridized carbons (Fsp3) is 0.263. The van der Waals surface area contributed by atoms with Gasteiger partial charge in [-0.25, -0.2) is 4.99 Å². The molecular weight excluding hydrogens is 427 g/mol. The van der Waals surface area contributed by atoms with Gasteiger partial charge in [0.15, 0.2) is 5.96 Å². The summed E-state index contributed by atoms with van der Waals surface area (Å²) in [5.74, 6) is 0.411. The smallest absolute Gasteiger partial charge is 0.224 e. The molecule has 134 valence electrons. The Bertz CT molecular complexity index is 696. The van der Waals surface area contributed by atoms with Crippen molar-refractivity contribution in [2.45, 2.75) is 33.2 Å². The third-order valence-electron chi connectivity index (χ3n) is 3.47. The summed E-state index contributed by atoms with van der Waals surface area (Å²) >= 11 is 0. The van der Waals surface area contributed by atoms with Gasteiger partial charge in [0, 0.05) is 17.8 Å². The summed E-state index contributed by atoms with van der Waals surface area (Å²) < 4.78 is 0. The number of aliphatic imine (C=N–C) groups is 1. The first-order valence-electron chi connectivity index (χ1n) is 8.09. The molecule has 0 atom stereocenters. The monoisotopic (exact) mass is 452 g/mol. The van der Waals surface area contributed by atoms with Crippen molar-refractivity contribution in [3.63, 3.8) is 0 Å². The molecule has 0 bridgehead atoms. The average Bonchev–Trinajstić information content (AvgIpc) is 2.56. The molecule has 0 fully saturated rings. The summed E-state index contributed by atoms with van der Waals surface area (Å²) in [6.07, 6.45) is 1.37. The molecule has 25 heavy (non-hydrogen) atoms. The fourth-order valence-electron chi connectivity index (χ4n) is 2.14. The predicted molar refractivity (Wildman–Crippen MR) is 116 cm³/mol. The van der Waals surface area contributed by atoms with E-state index in [1.165, 1.54) is 5.56 Å². The molecule has 0 aliphatic carbocycles. The molecule has 0 radical (unpaired) electrons. The highest BCUT2D eigenvalue weighted by molar-refractivity contribution is 14.0. The molecule has 0 saturated heterocycles. The predicted octanol–water partition coefficient (Wildman–Crippen LogP) is 4.28. The summed E-state index contributed by atoms with van der Waals surface area (Å²) in [6, 6.07) is 15.6. The maximum absolute atomic E-state index is 11.5. The first kappa shape index (κ1) is 21.0. The quantitative estimate of drug-likeness (QED) is 0.348. The van der Waals surface area contributed by atoms with Gasteiger partial charge >= 0.3 is 0 Å². The normalized spacial score (nSPS) is 10.7. The molecule has 0 heterocycles. The van der Waals surface area contributed by atoms with E-state index in [9.17, 15) is 4.79 Å². The first-order chi connectivity index (χ1) is 11.6. The van der Waals surface area contributed by atoms with Crippen molar-refractivity contribution >= 4 is 47.2 Å². The van der Waals surface area contributed by atoms with E-state index < -0.39 is 0 Å². The van der Waals surface area contributed by atoms with Crippen molar-refractivity contribution in [3.8, 4) is 0 Å². The van der Waals surface area contributed by atoms with Crippen LogP contribution in [0.2, 0.25) is 0 Å². The summed E-state index contributed by atoms with van der Waals surface area (Å²) in [4.78, 5) is 15.9. The average molecular weight is 452 g/mol. The maximum Gasteiger partial charge on any atom is 0.224 e. The number of hydrogen-bond acceptors (Lipinski definition) is 2. The van der Waals surface area contributed by atoms with Gasteiger partial charge in [-0.2, -0.15) is 0 Å². The molecule has 0 spiro atoms. The van der Waals surface area contributed by atoms with E-state index >= 15 is 0 Å². The lowest BCUT2D eigenvalue weighted by Crippen LogP contribution is -2.22. The van der Waals surface area contributed by atoms with Gasteiger partial charge in [0.25, 0.3) is 0 Å². The van der Waals surface area contributed by atoms with Crippen LogP contribution in [0, 0.1) is 6.92 Å². The third-order valence-corrected chi connectivity index (χ3v) is 3.47. The standard InChI is InChI=1S/C19H24N4O.HI/c1-3-4-18(24)22-16-11-7-15(8-12-16)13-21-19(20)23-17-9-5-14(2)6-10-17;/h5-12H,3-4,13H2,1-2H3,(H,22,24)(H3,20,21,23);1H. The van der Waals surface area contributed by atoms with E-state index in [1.807, 2.05) is 62.4 Å². The van der Waals surface area contributed by atoms with Gasteiger partial charge in [-0.15, -0.1) is 24.0 Å². The van der Waals surface area contributed by atoms with E-state index in [2.05, 4.69) is 15.6 Å². The van der Waals surface area contributed by atoms with Gasteiger partial charge < -0.3 is 16.4 Å². The van der Waals surface area contributed by atoms with E-state index in [-0.39, 0.29) is 29.9 Å². The Morgan fingerprint density at radius 2 is 1.56 bits per heavy atom. The Labute approximate surface area is 166 Å². The molecule has 6 heteroatoms. The maximum atomic E-state index is 11.5. The molecule has 2 aromatic carbocycles. The number of halogens is 1. The van der Waals surface area contributed by atoms with Crippen LogP contribution < -0.4 is 16.4 Å². The van der Waals surface area contributed by atoms with Crippen LogP contribution in [-0.4, -0.2) is 11.9 Å². The number of amides is 1. The SMILES string of the molecule is CCCC(=O)Nc1ccc(CN=C(N)Nc2ccc(C)cc2)cc1.I. The van der Waals surface area contributed by atoms with E-state index in [1.54, 1.807) is 0 Å². The molecule has 4 N–H and O–H groups in total. The number of carbonyl (C=O) groups excluding carboxylic acids is 1. The number of nitrogens with one attached hydrogen (secondary N) is 2. The Kier molecular flexibility index (Phi) is 8.98. The van der Waals surface area contributed by atoms with Crippen molar-refractivity contribution in [1.82, 2.24) is 0 Å². The van der Waals surface area contributed by atoms with Crippen LogP contribution in [0.5, 0.6) is 0 Å². The highest BCUT2D eigenvalue weighted by atomic mass is 127. The number of carbonyl (C=O) groups is 1. The zero-order valence-corrected chi connectivity index (χ0v) is 16.9. The molecular formula is C19H25IN4O. The third kappa shape index (κ3) is 7.55. The zero-order chi connectivity index (χ0) is 17.4. The van der Waals surface area contributed by atoms with Crippen LogP contribution >= 0.6 is 24.0 Å². The summed E-state index contributed by atoms with van der Waals surface area (Å²) in [5.41, 5.74) is 9.84. The van der Waals surface area contributed by atoms with Gasteiger partial charge in [-0.1, -0.05) is 36.8 Å². The number of nitrogens with zero attached hydrogens (tertiary/aromatic N) is 1. The minimum atomic E-state index is 0. The highest BCUT2D eigenvalue weighted by Gasteiger charge is 2.01. The fourth-order valence-corrected chi connectivity index (χ4v) is 2.14.